The van der Waals surface area contributed by atoms with Crippen LogP contribution in [0.25, 0.3) is 0 Å². The van der Waals surface area contributed by atoms with Gasteiger partial charge in [0.25, 0.3) is 5.91 Å². The Labute approximate surface area is 182 Å². The van der Waals surface area contributed by atoms with E-state index in [-0.39, 0.29) is 46.4 Å². The summed E-state index contributed by atoms with van der Waals surface area (Å²) < 4.78 is 33.0. The second kappa shape index (κ2) is 8.23. The number of hydrogen-bond donors (Lipinski definition) is 1. The summed E-state index contributed by atoms with van der Waals surface area (Å²) in [6.45, 7) is 6.58. The largest absolute Gasteiger partial charge is 0.381 e. The maximum atomic E-state index is 13.8. The first-order chi connectivity index (χ1) is 14.7. The van der Waals surface area contributed by atoms with Gasteiger partial charge in [-0.05, 0) is 31.6 Å². The molecule has 2 aromatic rings. The molecule has 31 heavy (non-hydrogen) atoms. The summed E-state index contributed by atoms with van der Waals surface area (Å²) in [7, 11) is 0. The highest BCUT2D eigenvalue weighted by atomic mass is 32.1. The number of carbonyl (C=O) groups excluding carboxylic acids is 2. The first kappa shape index (κ1) is 21.8. The van der Waals surface area contributed by atoms with E-state index in [0.29, 0.717) is 17.9 Å². The summed E-state index contributed by atoms with van der Waals surface area (Å²) in [4.78, 5) is 35.3. The number of ether oxygens (including phenoxy) is 1. The highest BCUT2D eigenvalue weighted by Crippen LogP contribution is 2.40. The van der Waals surface area contributed by atoms with Crippen LogP contribution in [-0.4, -0.2) is 41.0 Å². The molecular formula is C21H24F2N4O3S. The van der Waals surface area contributed by atoms with Crippen LogP contribution in [-0.2, 0) is 9.53 Å². The van der Waals surface area contributed by atoms with E-state index in [9.17, 15) is 18.4 Å². The summed E-state index contributed by atoms with van der Waals surface area (Å²) in [5, 5.41) is 3.19. The van der Waals surface area contributed by atoms with Crippen molar-refractivity contribution in [3.05, 3.63) is 34.6 Å². The zero-order chi connectivity index (χ0) is 22.3. The normalized spacial score (nSPS) is 22.1. The molecule has 2 unspecified atom stereocenters. The van der Waals surface area contributed by atoms with Crippen molar-refractivity contribution >= 4 is 34.0 Å². The molecule has 1 saturated carbocycles. The highest BCUT2D eigenvalue weighted by molar-refractivity contribution is 7.16. The van der Waals surface area contributed by atoms with Gasteiger partial charge in [0.1, 0.15) is 5.69 Å². The molecule has 1 N–H and O–H groups in total. The minimum Gasteiger partial charge on any atom is -0.381 e. The predicted molar refractivity (Wildman–Crippen MR) is 111 cm³/mol. The number of hydrogen-bond acceptors (Lipinski definition) is 6. The van der Waals surface area contributed by atoms with Crippen LogP contribution in [0, 0.1) is 30.2 Å². The van der Waals surface area contributed by atoms with Gasteiger partial charge in [-0.3, -0.25) is 14.5 Å². The van der Waals surface area contributed by atoms with Crippen LogP contribution in [0.3, 0.4) is 0 Å². The monoisotopic (exact) mass is 450 g/mol. The van der Waals surface area contributed by atoms with E-state index in [1.165, 1.54) is 0 Å². The third-order valence-corrected chi connectivity index (χ3v) is 6.98. The van der Waals surface area contributed by atoms with Crippen molar-refractivity contribution in [2.45, 2.75) is 46.1 Å². The standard InChI is InChI=1S/C21H24F2N4O3S/c1-11-17(18(28)24-14-4-6-21(14,2)3)26-20(31-11)27(19(29)12-5-7-30-10-12)13-8-15(22)25-16(23)9-13/h8-9,12,14H,4-7,10H2,1-3H3,(H,24,28). The van der Waals surface area contributed by atoms with Gasteiger partial charge in [-0.1, -0.05) is 13.8 Å². The number of rotatable bonds is 5. The molecule has 10 heteroatoms. The number of amides is 2. The van der Waals surface area contributed by atoms with Gasteiger partial charge in [-0.2, -0.15) is 13.8 Å². The molecule has 2 amide bonds. The number of anilines is 2. The minimum absolute atomic E-state index is 0.0252. The molecular weight excluding hydrogens is 426 g/mol. The number of aromatic nitrogens is 2. The lowest BCUT2D eigenvalue weighted by molar-refractivity contribution is -0.121. The number of pyridine rings is 1. The van der Waals surface area contributed by atoms with Gasteiger partial charge in [0.2, 0.25) is 17.8 Å². The lowest BCUT2D eigenvalue weighted by Crippen LogP contribution is -2.52. The SMILES string of the molecule is Cc1sc(N(C(=O)C2CCOC2)c2cc(F)nc(F)c2)nc1C(=O)NC1CCC1(C)C. The van der Waals surface area contributed by atoms with E-state index in [2.05, 4.69) is 29.1 Å². The predicted octanol–water partition coefficient (Wildman–Crippen LogP) is 3.74. The molecule has 0 radical (unpaired) electrons. The van der Waals surface area contributed by atoms with Crippen LogP contribution in [0.2, 0.25) is 0 Å². The lowest BCUT2D eigenvalue weighted by atomic mass is 9.67. The maximum absolute atomic E-state index is 13.8. The van der Waals surface area contributed by atoms with Crippen molar-refractivity contribution < 1.29 is 23.1 Å². The van der Waals surface area contributed by atoms with E-state index in [1.54, 1.807) is 6.92 Å². The van der Waals surface area contributed by atoms with Crippen LogP contribution < -0.4 is 10.2 Å². The molecule has 2 atom stereocenters. The second-order valence-corrected chi connectivity index (χ2v) is 9.84. The van der Waals surface area contributed by atoms with E-state index in [1.807, 2.05) is 0 Å². The van der Waals surface area contributed by atoms with Crippen molar-refractivity contribution in [1.82, 2.24) is 15.3 Å². The minimum atomic E-state index is -1.05. The van der Waals surface area contributed by atoms with Gasteiger partial charge < -0.3 is 10.1 Å². The Morgan fingerprint density at radius 3 is 2.48 bits per heavy atom. The fourth-order valence-electron chi connectivity index (χ4n) is 3.87. The molecule has 1 saturated heterocycles. The third-order valence-electron chi connectivity index (χ3n) is 6.02. The molecule has 0 aromatic carbocycles. The van der Waals surface area contributed by atoms with E-state index < -0.39 is 17.8 Å². The molecule has 0 spiro atoms. The molecule has 2 aromatic heterocycles. The fourth-order valence-corrected chi connectivity index (χ4v) is 4.81. The number of nitrogens with zero attached hydrogens (tertiary/aromatic N) is 3. The topological polar surface area (TPSA) is 84.4 Å². The fraction of sp³-hybridized carbons (Fsp3) is 0.524. The second-order valence-electron chi connectivity index (χ2n) is 8.66. The first-order valence-corrected chi connectivity index (χ1v) is 11.0. The zero-order valence-electron chi connectivity index (χ0n) is 17.6. The molecule has 2 fully saturated rings. The Kier molecular flexibility index (Phi) is 5.78. The summed E-state index contributed by atoms with van der Waals surface area (Å²) in [6, 6.07) is 2.01. The van der Waals surface area contributed by atoms with Crippen LogP contribution in [0.1, 0.15) is 48.5 Å². The summed E-state index contributed by atoms with van der Waals surface area (Å²) in [6.07, 6.45) is 2.43. The summed E-state index contributed by atoms with van der Waals surface area (Å²) in [5.74, 6) is -3.26. The molecule has 2 aliphatic rings. The van der Waals surface area contributed by atoms with Gasteiger partial charge in [-0.25, -0.2) is 4.98 Å². The number of carbonyl (C=O) groups is 2. The average Bonchev–Trinajstić information content (AvgIpc) is 3.35. The maximum Gasteiger partial charge on any atom is 0.271 e. The first-order valence-electron chi connectivity index (χ1n) is 10.2. The van der Waals surface area contributed by atoms with E-state index in [0.717, 1.165) is 41.2 Å². The van der Waals surface area contributed by atoms with Gasteiger partial charge in [0.05, 0.1) is 18.2 Å². The molecule has 166 valence electrons. The Balaban J connectivity index is 1.67. The van der Waals surface area contributed by atoms with Gasteiger partial charge >= 0.3 is 0 Å². The zero-order valence-corrected chi connectivity index (χ0v) is 18.4. The lowest BCUT2D eigenvalue weighted by Gasteiger charge is -2.44. The number of thiazole rings is 1. The van der Waals surface area contributed by atoms with Crippen LogP contribution in [0.4, 0.5) is 19.6 Å². The van der Waals surface area contributed by atoms with Crippen molar-refractivity contribution in [3.63, 3.8) is 0 Å². The summed E-state index contributed by atoms with van der Waals surface area (Å²) in [5.41, 5.74) is 0.208. The smallest absolute Gasteiger partial charge is 0.271 e. The Morgan fingerprint density at radius 1 is 1.23 bits per heavy atom. The molecule has 3 heterocycles. The third kappa shape index (κ3) is 4.31. The Hall–Kier alpha value is -2.46. The van der Waals surface area contributed by atoms with Gasteiger partial charge in [0.15, 0.2) is 5.13 Å². The highest BCUT2D eigenvalue weighted by Gasteiger charge is 2.40. The molecule has 4 rings (SSSR count). The van der Waals surface area contributed by atoms with Gasteiger partial charge in [0, 0.05) is 29.7 Å². The van der Waals surface area contributed by atoms with Crippen LogP contribution in [0.15, 0.2) is 12.1 Å². The quantitative estimate of drug-likeness (QED) is 0.702. The molecule has 1 aliphatic carbocycles. The summed E-state index contributed by atoms with van der Waals surface area (Å²) >= 11 is 1.12. The number of halogens is 2. The molecule has 0 bridgehead atoms. The van der Waals surface area contributed by atoms with E-state index in [4.69, 9.17) is 4.74 Å². The van der Waals surface area contributed by atoms with E-state index >= 15 is 0 Å². The number of nitrogens with one attached hydrogen (secondary N) is 1. The van der Waals surface area contributed by atoms with Crippen LogP contribution in [0.5, 0.6) is 0 Å². The van der Waals surface area contributed by atoms with Crippen molar-refractivity contribution in [2.24, 2.45) is 11.3 Å². The Morgan fingerprint density at radius 2 is 1.94 bits per heavy atom. The van der Waals surface area contributed by atoms with Crippen LogP contribution >= 0.6 is 11.3 Å². The number of aryl methyl sites for hydroxylation is 1. The average molecular weight is 451 g/mol. The van der Waals surface area contributed by atoms with Crippen molar-refractivity contribution in [2.75, 3.05) is 18.1 Å². The van der Waals surface area contributed by atoms with Crippen molar-refractivity contribution in [1.29, 1.82) is 0 Å². The Bertz CT molecular complexity index is 1000. The molecule has 1 aliphatic heterocycles. The van der Waals surface area contributed by atoms with Crippen molar-refractivity contribution in [3.8, 4) is 0 Å². The van der Waals surface area contributed by atoms with Gasteiger partial charge in [-0.15, -0.1) is 11.3 Å². The molecule has 7 nitrogen and oxygen atoms in total.